The number of nitrogens with one attached hydrogen (secondary N) is 2. The topological polar surface area (TPSA) is 88.2 Å². The highest BCUT2D eigenvalue weighted by Crippen LogP contribution is 2.18. The van der Waals surface area contributed by atoms with Gasteiger partial charge in [0, 0.05) is 18.2 Å². The maximum absolute atomic E-state index is 12.1. The summed E-state index contributed by atoms with van der Waals surface area (Å²) in [5.74, 6) is -0.0481. The number of pyridine rings is 1. The van der Waals surface area contributed by atoms with E-state index in [1.54, 1.807) is 6.07 Å². The van der Waals surface area contributed by atoms with E-state index in [1.165, 1.54) is 12.3 Å². The van der Waals surface area contributed by atoms with E-state index >= 15 is 0 Å². The average Bonchev–Trinajstić information content (AvgIpc) is 2.38. The molecule has 6 nitrogen and oxygen atoms in total. The second kappa shape index (κ2) is 5.88. The summed E-state index contributed by atoms with van der Waals surface area (Å²) < 4.78 is 22.6. The lowest BCUT2D eigenvalue weighted by Gasteiger charge is -2.27. The normalized spacial score (nSPS) is 23.3. The maximum atomic E-state index is 12.1. The van der Waals surface area contributed by atoms with Crippen LogP contribution in [0.25, 0.3) is 0 Å². The Morgan fingerprint density at radius 3 is 2.75 bits per heavy atom. The van der Waals surface area contributed by atoms with E-state index in [0.717, 1.165) is 25.6 Å². The van der Waals surface area contributed by atoms with E-state index < -0.39 is 9.84 Å². The first-order valence-corrected chi connectivity index (χ1v) is 8.46. The summed E-state index contributed by atoms with van der Waals surface area (Å²) in [7, 11) is -3.31. The standard InChI is InChI=1S/C13H19N3O3S/c1-9-7-10(5-6-14-9)13(17)16-11-3-4-12(15-8-11)20(2,18)19/h3-4,8-10,14H,5-7H2,1-2H3,(H,16,17). The van der Waals surface area contributed by atoms with Gasteiger partial charge in [-0.25, -0.2) is 13.4 Å². The summed E-state index contributed by atoms with van der Waals surface area (Å²) in [6.45, 7) is 2.90. The molecular weight excluding hydrogens is 278 g/mol. The van der Waals surface area contributed by atoms with Gasteiger partial charge in [0.1, 0.15) is 0 Å². The van der Waals surface area contributed by atoms with Crippen LogP contribution in [-0.4, -0.2) is 38.2 Å². The van der Waals surface area contributed by atoms with Gasteiger partial charge in [0.15, 0.2) is 14.9 Å². The number of anilines is 1. The molecule has 1 aliphatic heterocycles. The van der Waals surface area contributed by atoms with E-state index in [1.807, 2.05) is 0 Å². The number of rotatable bonds is 3. The fraction of sp³-hybridized carbons (Fsp3) is 0.538. The third-order valence-electron chi connectivity index (χ3n) is 3.38. The van der Waals surface area contributed by atoms with E-state index in [9.17, 15) is 13.2 Å². The first-order valence-electron chi connectivity index (χ1n) is 6.56. The number of carbonyl (C=O) groups excluding carboxylic acids is 1. The van der Waals surface area contributed by atoms with Crippen molar-refractivity contribution in [1.82, 2.24) is 10.3 Å². The van der Waals surface area contributed by atoms with Crippen molar-refractivity contribution in [3.05, 3.63) is 18.3 Å². The van der Waals surface area contributed by atoms with E-state index in [-0.39, 0.29) is 16.9 Å². The SMILES string of the molecule is CC1CC(C(=O)Nc2ccc(S(C)(=O)=O)nc2)CCN1. The Hall–Kier alpha value is -1.47. The molecule has 1 fully saturated rings. The van der Waals surface area contributed by atoms with Crippen LogP contribution < -0.4 is 10.6 Å². The Labute approximate surface area is 118 Å². The van der Waals surface area contributed by atoms with Crippen LogP contribution >= 0.6 is 0 Å². The molecule has 0 radical (unpaired) electrons. The lowest BCUT2D eigenvalue weighted by Crippen LogP contribution is -2.40. The van der Waals surface area contributed by atoms with E-state index in [4.69, 9.17) is 0 Å². The quantitative estimate of drug-likeness (QED) is 0.862. The molecule has 20 heavy (non-hydrogen) atoms. The van der Waals surface area contributed by atoms with Gasteiger partial charge in [0.25, 0.3) is 0 Å². The number of hydrogen-bond donors (Lipinski definition) is 2. The van der Waals surface area contributed by atoms with Crippen molar-refractivity contribution in [2.75, 3.05) is 18.1 Å². The van der Waals surface area contributed by atoms with Crippen LogP contribution in [0, 0.1) is 5.92 Å². The predicted octanol–water partition coefficient (Wildman–Crippen LogP) is 0.812. The Kier molecular flexibility index (Phi) is 4.39. The van der Waals surface area contributed by atoms with Crippen molar-refractivity contribution < 1.29 is 13.2 Å². The zero-order valence-electron chi connectivity index (χ0n) is 11.6. The molecule has 0 bridgehead atoms. The molecule has 0 spiro atoms. The zero-order chi connectivity index (χ0) is 14.8. The van der Waals surface area contributed by atoms with Crippen LogP contribution in [0.1, 0.15) is 19.8 Å². The molecule has 0 aromatic carbocycles. The molecule has 0 aliphatic carbocycles. The number of piperidine rings is 1. The second-order valence-electron chi connectivity index (χ2n) is 5.22. The van der Waals surface area contributed by atoms with Crippen LogP contribution in [-0.2, 0) is 14.6 Å². The molecule has 1 aromatic heterocycles. The summed E-state index contributed by atoms with van der Waals surface area (Å²) in [5.41, 5.74) is 0.522. The fourth-order valence-electron chi connectivity index (χ4n) is 2.29. The van der Waals surface area contributed by atoms with Crippen molar-refractivity contribution in [2.24, 2.45) is 5.92 Å². The second-order valence-corrected chi connectivity index (χ2v) is 7.19. The Morgan fingerprint density at radius 2 is 2.20 bits per heavy atom. The van der Waals surface area contributed by atoms with Gasteiger partial charge in [-0.1, -0.05) is 0 Å². The van der Waals surface area contributed by atoms with Crippen molar-refractivity contribution in [2.45, 2.75) is 30.8 Å². The third kappa shape index (κ3) is 3.77. The molecule has 2 N–H and O–H groups in total. The number of amides is 1. The maximum Gasteiger partial charge on any atom is 0.227 e. The van der Waals surface area contributed by atoms with Gasteiger partial charge in [-0.05, 0) is 38.4 Å². The molecule has 2 rings (SSSR count). The summed E-state index contributed by atoms with van der Waals surface area (Å²) in [6, 6.07) is 3.30. The molecule has 1 aromatic rings. The highest BCUT2D eigenvalue weighted by molar-refractivity contribution is 7.90. The molecule has 0 saturated carbocycles. The third-order valence-corrected chi connectivity index (χ3v) is 4.38. The van der Waals surface area contributed by atoms with Gasteiger partial charge in [0.05, 0.1) is 11.9 Å². The number of aromatic nitrogens is 1. The van der Waals surface area contributed by atoms with Gasteiger partial charge in [-0.15, -0.1) is 0 Å². The summed E-state index contributed by atoms with van der Waals surface area (Å²) in [6.07, 6.45) is 4.09. The predicted molar refractivity (Wildman–Crippen MR) is 76.2 cm³/mol. The minimum absolute atomic E-state index is 0.00554. The minimum atomic E-state index is -3.31. The molecule has 110 valence electrons. The molecule has 7 heteroatoms. The lowest BCUT2D eigenvalue weighted by atomic mass is 9.92. The Morgan fingerprint density at radius 1 is 1.45 bits per heavy atom. The highest BCUT2D eigenvalue weighted by atomic mass is 32.2. The zero-order valence-corrected chi connectivity index (χ0v) is 12.4. The van der Waals surface area contributed by atoms with Crippen LogP contribution in [0.3, 0.4) is 0 Å². The number of carbonyl (C=O) groups is 1. The van der Waals surface area contributed by atoms with Crippen LogP contribution in [0.15, 0.2) is 23.4 Å². The first-order chi connectivity index (χ1) is 9.36. The van der Waals surface area contributed by atoms with Gasteiger partial charge >= 0.3 is 0 Å². The van der Waals surface area contributed by atoms with E-state index in [0.29, 0.717) is 11.7 Å². The van der Waals surface area contributed by atoms with Crippen LogP contribution in [0.4, 0.5) is 5.69 Å². The monoisotopic (exact) mass is 297 g/mol. The Balaban J connectivity index is 2.01. The minimum Gasteiger partial charge on any atom is -0.324 e. The van der Waals surface area contributed by atoms with Crippen molar-refractivity contribution in [3.8, 4) is 0 Å². The fourth-order valence-corrected chi connectivity index (χ4v) is 2.85. The molecule has 1 saturated heterocycles. The van der Waals surface area contributed by atoms with Gasteiger partial charge < -0.3 is 10.6 Å². The molecular formula is C13H19N3O3S. The Bertz CT molecular complexity index is 583. The van der Waals surface area contributed by atoms with Crippen LogP contribution in [0.5, 0.6) is 0 Å². The smallest absolute Gasteiger partial charge is 0.227 e. The molecule has 2 heterocycles. The average molecular weight is 297 g/mol. The lowest BCUT2D eigenvalue weighted by molar-refractivity contribution is -0.120. The van der Waals surface area contributed by atoms with Gasteiger partial charge in [-0.2, -0.15) is 0 Å². The largest absolute Gasteiger partial charge is 0.324 e. The number of hydrogen-bond acceptors (Lipinski definition) is 5. The van der Waals surface area contributed by atoms with Crippen molar-refractivity contribution in [3.63, 3.8) is 0 Å². The summed E-state index contributed by atoms with van der Waals surface area (Å²) in [4.78, 5) is 16.0. The molecule has 1 aliphatic rings. The summed E-state index contributed by atoms with van der Waals surface area (Å²) >= 11 is 0. The molecule has 1 amide bonds. The van der Waals surface area contributed by atoms with E-state index in [2.05, 4.69) is 22.5 Å². The number of nitrogens with zero attached hydrogens (tertiary/aromatic N) is 1. The highest BCUT2D eigenvalue weighted by Gasteiger charge is 2.24. The summed E-state index contributed by atoms with van der Waals surface area (Å²) in [5, 5.41) is 6.09. The first kappa shape index (κ1) is 14.9. The molecule has 2 atom stereocenters. The van der Waals surface area contributed by atoms with Gasteiger partial charge in [0.2, 0.25) is 5.91 Å². The molecule has 2 unspecified atom stereocenters. The van der Waals surface area contributed by atoms with Crippen molar-refractivity contribution >= 4 is 21.4 Å². The van der Waals surface area contributed by atoms with Crippen molar-refractivity contribution in [1.29, 1.82) is 0 Å². The number of sulfone groups is 1. The van der Waals surface area contributed by atoms with Gasteiger partial charge in [-0.3, -0.25) is 4.79 Å². The van der Waals surface area contributed by atoms with Crippen LogP contribution in [0.2, 0.25) is 0 Å².